The summed E-state index contributed by atoms with van der Waals surface area (Å²) < 4.78 is 1.68. The van der Waals surface area contributed by atoms with Crippen LogP contribution in [0.4, 0.5) is 0 Å². The zero-order chi connectivity index (χ0) is 14.2. The molecule has 1 aliphatic heterocycles. The van der Waals surface area contributed by atoms with Crippen LogP contribution in [0.1, 0.15) is 23.8 Å². The zero-order valence-electron chi connectivity index (χ0n) is 11.4. The Labute approximate surface area is 117 Å². The van der Waals surface area contributed by atoms with Gasteiger partial charge >= 0.3 is 0 Å². The first kappa shape index (κ1) is 12.9. The van der Waals surface area contributed by atoms with Crippen molar-refractivity contribution in [3.63, 3.8) is 0 Å². The highest BCUT2D eigenvalue weighted by Crippen LogP contribution is 2.25. The lowest BCUT2D eigenvalue weighted by atomic mass is 9.91. The van der Waals surface area contributed by atoms with Gasteiger partial charge in [0.15, 0.2) is 5.69 Å². The minimum Gasteiger partial charge on any atom is -0.386 e. The van der Waals surface area contributed by atoms with E-state index in [0.29, 0.717) is 25.2 Å². The summed E-state index contributed by atoms with van der Waals surface area (Å²) in [5.74, 6) is -0.127. The van der Waals surface area contributed by atoms with Crippen LogP contribution in [-0.4, -0.2) is 44.4 Å². The fourth-order valence-corrected chi connectivity index (χ4v) is 2.36. The third-order valence-electron chi connectivity index (χ3n) is 3.74. The highest BCUT2D eigenvalue weighted by molar-refractivity contribution is 5.93. The second kappa shape index (κ2) is 4.76. The minimum atomic E-state index is -0.711. The second-order valence-electron chi connectivity index (χ2n) is 5.22. The molecule has 0 saturated carbocycles. The van der Waals surface area contributed by atoms with Gasteiger partial charge in [-0.3, -0.25) is 4.79 Å². The molecule has 0 atom stereocenters. The lowest BCUT2D eigenvalue weighted by Gasteiger charge is -2.45. The Hall–Kier alpha value is -2.14. The van der Waals surface area contributed by atoms with Crippen LogP contribution in [0.2, 0.25) is 0 Å². The van der Waals surface area contributed by atoms with Gasteiger partial charge in [-0.05, 0) is 24.6 Å². The summed E-state index contributed by atoms with van der Waals surface area (Å²) in [6.45, 7) is 2.70. The van der Waals surface area contributed by atoms with Crippen LogP contribution in [-0.2, 0) is 0 Å². The van der Waals surface area contributed by atoms with Crippen molar-refractivity contribution < 1.29 is 9.90 Å². The number of hydrogen-bond acceptors (Lipinski definition) is 3. The fraction of sp³-hybridized carbons (Fsp3) is 0.333. The molecule has 0 bridgehead atoms. The largest absolute Gasteiger partial charge is 0.386 e. The van der Waals surface area contributed by atoms with Gasteiger partial charge in [0.05, 0.1) is 24.4 Å². The van der Waals surface area contributed by atoms with E-state index >= 15 is 0 Å². The second-order valence-corrected chi connectivity index (χ2v) is 5.22. The number of carbonyl (C=O) groups is 1. The summed E-state index contributed by atoms with van der Waals surface area (Å²) in [5.41, 5.74) is 0.615. The smallest absolute Gasteiger partial charge is 0.274 e. The monoisotopic (exact) mass is 271 g/mol. The average Bonchev–Trinajstić information content (AvgIpc) is 2.94. The molecule has 0 aliphatic carbocycles. The molecule has 1 fully saturated rings. The lowest BCUT2D eigenvalue weighted by molar-refractivity contribution is -0.0828. The standard InChI is InChI=1S/C15H17N3O2/c1-2-15(20)10-17(11-15)14(19)13-8-9-18(16-13)12-6-4-3-5-7-12/h3-9,20H,2,10-11H2,1H3. The maximum atomic E-state index is 12.2. The SMILES string of the molecule is CCC1(O)CN(C(=O)c2ccn(-c3ccccc3)n2)C1. The van der Waals surface area contributed by atoms with E-state index in [1.54, 1.807) is 21.8 Å². The minimum absolute atomic E-state index is 0.127. The maximum absolute atomic E-state index is 12.2. The third-order valence-corrected chi connectivity index (χ3v) is 3.74. The molecular formula is C15H17N3O2. The first-order chi connectivity index (χ1) is 9.61. The molecule has 1 saturated heterocycles. The molecule has 2 aromatic rings. The topological polar surface area (TPSA) is 58.4 Å². The van der Waals surface area contributed by atoms with Crippen molar-refractivity contribution >= 4 is 5.91 Å². The average molecular weight is 271 g/mol. The van der Waals surface area contributed by atoms with Gasteiger partial charge in [-0.15, -0.1) is 0 Å². The van der Waals surface area contributed by atoms with E-state index < -0.39 is 5.60 Å². The predicted octanol–water partition coefficient (Wildman–Crippen LogP) is 1.47. The van der Waals surface area contributed by atoms with E-state index in [2.05, 4.69) is 5.10 Å². The van der Waals surface area contributed by atoms with Crippen LogP contribution in [0, 0.1) is 0 Å². The summed E-state index contributed by atoms with van der Waals surface area (Å²) in [6, 6.07) is 11.4. The van der Waals surface area contributed by atoms with Crippen molar-refractivity contribution in [1.29, 1.82) is 0 Å². The van der Waals surface area contributed by atoms with Crippen LogP contribution in [0.15, 0.2) is 42.6 Å². The first-order valence-electron chi connectivity index (χ1n) is 6.74. The van der Waals surface area contributed by atoms with Gasteiger partial charge in [-0.25, -0.2) is 4.68 Å². The molecule has 1 aromatic carbocycles. The van der Waals surface area contributed by atoms with Crippen molar-refractivity contribution in [3.8, 4) is 5.69 Å². The number of carbonyl (C=O) groups excluding carboxylic acids is 1. The summed E-state index contributed by atoms with van der Waals surface area (Å²) in [6.07, 6.45) is 2.43. The van der Waals surface area contributed by atoms with Gasteiger partial charge in [-0.1, -0.05) is 25.1 Å². The van der Waals surface area contributed by atoms with E-state index in [9.17, 15) is 9.90 Å². The van der Waals surface area contributed by atoms with Crippen molar-refractivity contribution in [2.24, 2.45) is 0 Å². The van der Waals surface area contributed by atoms with E-state index in [-0.39, 0.29) is 5.91 Å². The summed E-state index contributed by atoms with van der Waals surface area (Å²) in [4.78, 5) is 13.8. The summed E-state index contributed by atoms with van der Waals surface area (Å²) >= 11 is 0. The Morgan fingerprint density at radius 2 is 2.00 bits per heavy atom. The molecule has 104 valence electrons. The molecule has 3 rings (SSSR count). The number of benzene rings is 1. The van der Waals surface area contributed by atoms with E-state index in [1.807, 2.05) is 37.3 Å². The highest BCUT2D eigenvalue weighted by atomic mass is 16.3. The molecule has 0 unspecified atom stereocenters. The van der Waals surface area contributed by atoms with Gasteiger partial charge in [0, 0.05) is 6.20 Å². The van der Waals surface area contributed by atoms with Crippen LogP contribution >= 0.6 is 0 Å². The summed E-state index contributed by atoms with van der Waals surface area (Å²) in [5, 5.41) is 14.2. The summed E-state index contributed by atoms with van der Waals surface area (Å²) in [7, 11) is 0. The van der Waals surface area contributed by atoms with Gasteiger partial charge < -0.3 is 10.0 Å². The molecule has 5 heteroatoms. The van der Waals surface area contributed by atoms with E-state index in [0.717, 1.165) is 5.69 Å². The van der Waals surface area contributed by atoms with Crippen molar-refractivity contribution in [2.75, 3.05) is 13.1 Å². The van der Waals surface area contributed by atoms with Crippen LogP contribution in [0.5, 0.6) is 0 Å². The van der Waals surface area contributed by atoms with Crippen LogP contribution in [0.25, 0.3) is 5.69 Å². The number of aliphatic hydroxyl groups is 1. The molecule has 1 aliphatic rings. The van der Waals surface area contributed by atoms with Crippen LogP contribution < -0.4 is 0 Å². The van der Waals surface area contributed by atoms with Gasteiger partial charge in [-0.2, -0.15) is 5.10 Å². The third kappa shape index (κ3) is 2.20. The Morgan fingerprint density at radius 3 is 2.65 bits per heavy atom. The number of amides is 1. The van der Waals surface area contributed by atoms with Crippen molar-refractivity contribution in [1.82, 2.24) is 14.7 Å². The first-order valence-corrected chi connectivity index (χ1v) is 6.74. The van der Waals surface area contributed by atoms with E-state index in [1.165, 1.54) is 0 Å². The number of aromatic nitrogens is 2. The number of para-hydroxylation sites is 1. The molecular weight excluding hydrogens is 254 g/mol. The van der Waals surface area contributed by atoms with Gasteiger partial charge in [0.25, 0.3) is 5.91 Å². The Balaban J connectivity index is 1.73. The molecule has 5 nitrogen and oxygen atoms in total. The molecule has 20 heavy (non-hydrogen) atoms. The number of β-amino-alcohol motifs (C(OH)–C–C–N with tert-alkyl or cyclic N) is 1. The highest BCUT2D eigenvalue weighted by Gasteiger charge is 2.42. The molecule has 0 spiro atoms. The lowest BCUT2D eigenvalue weighted by Crippen LogP contribution is -2.63. The molecule has 1 amide bonds. The molecule has 0 radical (unpaired) electrons. The Bertz CT molecular complexity index is 615. The molecule has 1 N–H and O–H groups in total. The molecule has 2 heterocycles. The Kier molecular flexibility index (Phi) is 3.06. The number of hydrogen-bond donors (Lipinski definition) is 1. The number of likely N-dealkylation sites (tertiary alicyclic amines) is 1. The zero-order valence-corrected chi connectivity index (χ0v) is 11.4. The molecule has 1 aromatic heterocycles. The van der Waals surface area contributed by atoms with Crippen molar-refractivity contribution in [3.05, 3.63) is 48.3 Å². The predicted molar refractivity (Wildman–Crippen MR) is 74.7 cm³/mol. The van der Waals surface area contributed by atoms with Gasteiger partial charge in [0.2, 0.25) is 0 Å². The Morgan fingerprint density at radius 1 is 1.30 bits per heavy atom. The number of rotatable bonds is 3. The number of nitrogens with zero attached hydrogens (tertiary/aromatic N) is 3. The quantitative estimate of drug-likeness (QED) is 0.919. The van der Waals surface area contributed by atoms with E-state index in [4.69, 9.17) is 0 Å². The van der Waals surface area contributed by atoms with Gasteiger partial charge in [0.1, 0.15) is 0 Å². The van der Waals surface area contributed by atoms with Crippen LogP contribution in [0.3, 0.4) is 0 Å². The normalized spacial score (nSPS) is 16.8. The fourth-order valence-electron chi connectivity index (χ4n) is 2.36. The maximum Gasteiger partial charge on any atom is 0.274 e. The van der Waals surface area contributed by atoms with Crippen molar-refractivity contribution in [2.45, 2.75) is 18.9 Å².